The summed E-state index contributed by atoms with van der Waals surface area (Å²) in [5.74, 6) is 0.269. The first-order valence-corrected chi connectivity index (χ1v) is 12.1. The number of aromatic nitrogens is 1. The number of methoxy groups -OCH3 is 1. The number of rotatable bonds is 7. The zero-order valence-electron chi connectivity index (χ0n) is 18.9. The Morgan fingerprint density at radius 1 is 1.25 bits per heavy atom. The fourth-order valence-corrected chi connectivity index (χ4v) is 5.33. The lowest BCUT2D eigenvalue weighted by molar-refractivity contribution is 0.0523. The van der Waals surface area contributed by atoms with E-state index in [1.54, 1.807) is 26.3 Å². The number of pyridine rings is 1. The number of fused-ring (bicyclic) bond motifs is 6. The molecule has 0 bridgehead atoms. The van der Waals surface area contributed by atoms with E-state index in [9.17, 15) is 9.59 Å². The molecule has 8 heteroatoms. The second-order valence-corrected chi connectivity index (χ2v) is 9.94. The van der Waals surface area contributed by atoms with Gasteiger partial charge >= 0.3 is 5.97 Å². The Morgan fingerprint density at radius 3 is 2.75 bits per heavy atom. The Hall–Kier alpha value is -2.07. The lowest BCUT2D eigenvalue weighted by Crippen LogP contribution is -2.50. The Bertz CT molecular complexity index is 1090. The minimum atomic E-state index is -0.582. The zero-order valence-corrected chi connectivity index (χ0v) is 21.1. The minimum Gasteiger partial charge on any atom is -0.492 e. The Balaban J connectivity index is 1.84. The van der Waals surface area contributed by atoms with Crippen LogP contribution < -0.4 is 15.2 Å². The van der Waals surface area contributed by atoms with Gasteiger partial charge in [0.05, 0.1) is 34.1 Å². The van der Waals surface area contributed by atoms with Gasteiger partial charge in [0.1, 0.15) is 11.3 Å². The molecule has 2 aliphatic heterocycles. The molecular formula is C24H29IN2O5. The number of carbonyl (C=O) groups excluding carboxylic acids is 1. The van der Waals surface area contributed by atoms with Crippen LogP contribution in [0.2, 0.25) is 0 Å². The van der Waals surface area contributed by atoms with Crippen molar-refractivity contribution in [2.45, 2.75) is 51.6 Å². The van der Waals surface area contributed by atoms with E-state index in [1.807, 2.05) is 4.68 Å². The van der Waals surface area contributed by atoms with E-state index in [4.69, 9.17) is 14.2 Å². The quantitative estimate of drug-likeness (QED) is 0.290. The molecule has 3 heterocycles. The third kappa shape index (κ3) is 4.03. The van der Waals surface area contributed by atoms with Crippen molar-refractivity contribution < 1.29 is 19.0 Å². The molecular weight excluding hydrogens is 523 g/mol. The van der Waals surface area contributed by atoms with Gasteiger partial charge in [0.15, 0.2) is 5.43 Å². The van der Waals surface area contributed by atoms with E-state index in [1.165, 1.54) is 0 Å². The van der Waals surface area contributed by atoms with Gasteiger partial charge < -0.3 is 14.2 Å². The number of ether oxygens (including phenoxy) is 3. The van der Waals surface area contributed by atoms with Crippen LogP contribution in [0.5, 0.6) is 5.75 Å². The van der Waals surface area contributed by atoms with Gasteiger partial charge in [-0.3, -0.25) is 14.5 Å². The van der Waals surface area contributed by atoms with Crippen LogP contribution in [0.15, 0.2) is 29.2 Å². The first kappa shape index (κ1) is 23.1. The molecule has 0 spiro atoms. The summed E-state index contributed by atoms with van der Waals surface area (Å²) in [6.45, 7) is 7.59. The van der Waals surface area contributed by atoms with Crippen LogP contribution in [-0.2, 0) is 9.47 Å². The van der Waals surface area contributed by atoms with Gasteiger partial charge in [-0.1, -0.05) is 0 Å². The molecule has 1 atom stereocenters. The fourth-order valence-electron chi connectivity index (χ4n) is 4.71. The molecule has 0 N–H and O–H groups in total. The number of benzene rings is 1. The predicted octanol–water partition coefficient (Wildman–Crippen LogP) is 4.28. The zero-order chi connectivity index (χ0) is 23.0. The molecule has 1 unspecified atom stereocenters. The van der Waals surface area contributed by atoms with Crippen molar-refractivity contribution in [3.63, 3.8) is 0 Å². The smallest absolute Gasteiger partial charge is 0.343 e. The molecule has 1 aromatic heterocycles. The highest BCUT2D eigenvalue weighted by Gasteiger charge is 2.45. The SMILES string of the molecule is CCOC(=O)c1cn2c(cc1=O)-c1cc(I)c(OCCCOC)cc1C1CCC(C)(C)N12. The summed E-state index contributed by atoms with van der Waals surface area (Å²) >= 11 is 2.28. The molecule has 0 saturated carbocycles. The first-order chi connectivity index (χ1) is 15.3. The van der Waals surface area contributed by atoms with Gasteiger partial charge in [0, 0.05) is 38.0 Å². The number of carbonyl (C=O) groups is 1. The maximum Gasteiger partial charge on any atom is 0.343 e. The highest BCUT2D eigenvalue weighted by Crippen LogP contribution is 2.49. The molecule has 1 aromatic carbocycles. The van der Waals surface area contributed by atoms with Crippen molar-refractivity contribution in [1.29, 1.82) is 0 Å². The lowest BCUT2D eigenvalue weighted by Gasteiger charge is -2.44. The lowest BCUT2D eigenvalue weighted by atomic mass is 9.94. The van der Waals surface area contributed by atoms with Gasteiger partial charge in [-0.25, -0.2) is 4.79 Å². The Morgan fingerprint density at radius 2 is 2.03 bits per heavy atom. The molecule has 1 fully saturated rings. The molecule has 0 aliphatic carbocycles. The topological polar surface area (TPSA) is 70.0 Å². The van der Waals surface area contributed by atoms with Crippen molar-refractivity contribution in [2.75, 3.05) is 31.9 Å². The normalized spacial score (nSPS) is 18.0. The molecule has 4 rings (SSSR count). The van der Waals surface area contributed by atoms with Crippen molar-refractivity contribution in [1.82, 2.24) is 4.68 Å². The molecule has 2 aromatic rings. The number of halogens is 1. The highest BCUT2D eigenvalue weighted by atomic mass is 127. The molecule has 7 nitrogen and oxygen atoms in total. The summed E-state index contributed by atoms with van der Waals surface area (Å²) in [5, 5.41) is 2.29. The van der Waals surface area contributed by atoms with E-state index in [0.29, 0.717) is 13.2 Å². The Kier molecular flexibility index (Phi) is 6.53. The van der Waals surface area contributed by atoms with Crippen LogP contribution in [0, 0.1) is 3.57 Å². The number of esters is 1. The number of nitrogens with zero attached hydrogens (tertiary/aromatic N) is 2. The van der Waals surface area contributed by atoms with Crippen molar-refractivity contribution in [3.05, 3.63) is 49.3 Å². The Labute approximate surface area is 201 Å². The average molecular weight is 552 g/mol. The van der Waals surface area contributed by atoms with Crippen molar-refractivity contribution >= 4 is 28.6 Å². The van der Waals surface area contributed by atoms with Gasteiger partial charge in [-0.05, 0) is 73.9 Å². The van der Waals surface area contributed by atoms with Crippen LogP contribution in [0.25, 0.3) is 11.3 Å². The maximum atomic E-state index is 12.9. The predicted molar refractivity (Wildman–Crippen MR) is 131 cm³/mol. The van der Waals surface area contributed by atoms with Gasteiger partial charge in [-0.15, -0.1) is 0 Å². The maximum absolute atomic E-state index is 12.9. The van der Waals surface area contributed by atoms with E-state index in [2.05, 4.69) is 53.6 Å². The van der Waals surface area contributed by atoms with Crippen LogP contribution >= 0.6 is 22.6 Å². The molecule has 2 aliphatic rings. The summed E-state index contributed by atoms with van der Waals surface area (Å²) in [7, 11) is 1.69. The average Bonchev–Trinajstić information content (AvgIpc) is 3.07. The monoisotopic (exact) mass is 552 g/mol. The molecule has 172 valence electrons. The molecule has 32 heavy (non-hydrogen) atoms. The third-order valence-electron chi connectivity index (χ3n) is 6.19. The van der Waals surface area contributed by atoms with E-state index in [-0.39, 0.29) is 29.2 Å². The van der Waals surface area contributed by atoms with E-state index < -0.39 is 5.97 Å². The summed E-state index contributed by atoms with van der Waals surface area (Å²) < 4.78 is 19.3. The standard InChI is InChI=1S/C24H29IN2O5/c1-5-31-23(29)17-14-26-20(13-21(17)28)15-11-18(25)22(32-10-6-9-30-4)12-16(15)19-7-8-24(2,3)27(19)26/h11-14,19H,5-10H2,1-4H3. The summed E-state index contributed by atoms with van der Waals surface area (Å²) in [5.41, 5.74) is 2.54. The molecule has 0 radical (unpaired) electrons. The van der Waals surface area contributed by atoms with Crippen LogP contribution in [-0.4, -0.2) is 43.1 Å². The minimum absolute atomic E-state index is 0.0632. The van der Waals surface area contributed by atoms with Gasteiger partial charge in [0.25, 0.3) is 0 Å². The van der Waals surface area contributed by atoms with Crippen LogP contribution in [0.1, 0.15) is 62.0 Å². The van der Waals surface area contributed by atoms with Crippen LogP contribution in [0.4, 0.5) is 0 Å². The molecule has 0 amide bonds. The summed E-state index contributed by atoms with van der Waals surface area (Å²) in [6, 6.07) is 5.89. The number of hydrogen-bond acceptors (Lipinski definition) is 6. The second kappa shape index (κ2) is 9.05. The van der Waals surface area contributed by atoms with Crippen molar-refractivity contribution in [2.24, 2.45) is 0 Å². The van der Waals surface area contributed by atoms with Crippen LogP contribution in [0.3, 0.4) is 0 Å². The molecule has 1 saturated heterocycles. The number of hydrogen-bond donors (Lipinski definition) is 0. The van der Waals surface area contributed by atoms with E-state index in [0.717, 1.165) is 45.4 Å². The van der Waals surface area contributed by atoms with E-state index >= 15 is 0 Å². The fraction of sp³-hybridized carbons (Fsp3) is 0.500. The largest absolute Gasteiger partial charge is 0.492 e. The summed E-state index contributed by atoms with van der Waals surface area (Å²) in [6.07, 6.45) is 4.44. The highest BCUT2D eigenvalue weighted by molar-refractivity contribution is 14.1. The van der Waals surface area contributed by atoms with Gasteiger partial charge in [0.2, 0.25) is 0 Å². The third-order valence-corrected chi connectivity index (χ3v) is 7.04. The second-order valence-electron chi connectivity index (χ2n) is 8.78. The summed E-state index contributed by atoms with van der Waals surface area (Å²) in [4.78, 5) is 25.3. The first-order valence-electron chi connectivity index (χ1n) is 11.0. The van der Waals surface area contributed by atoms with Crippen molar-refractivity contribution in [3.8, 4) is 17.0 Å². The van der Waals surface area contributed by atoms with Gasteiger partial charge in [-0.2, -0.15) is 0 Å².